The van der Waals surface area contributed by atoms with Crippen LogP contribution in [0, 0.1) is 5.41 Å². The summed E-state index contributed by atoms with van der Waals surface area (Å²) >= 11 is 0. The van der Waals surface area contributed by atoms with Crippen LogP contribution in [0.4, 0.5) is 0 Å². The summed E-state index contributed by atoms with van der Waals surface area (Å²) in [6, 6.07) is 21.6. The van der Waals surface area contributed by atoms with Gasteiger partial charge in [0.1, 0.15) is 0 Å². The minimum atomic E-state index is 0.239. The van der Waals surface area contributed by atoms with E-state index in [9.17, 15) is 4.79 Å². The van der Waals surface area contributed by atoms with Crippen molar-refractivity contribution in [3.05, 3.63) is 71.8 Å². The largest absolute Gasteiger partial charge is 0.384 e. The van der Waals surface area contributed by atoms with Gasteiger partial charge in [0.25, 0.3) is 0 Å². The number of amides is 1. The molecule has 0 radical (unpaired) electrons. The van der Waals surface area contributed by atoms with E-state index < -0.39 is 0 Å². The molecule has 0 atom stereocenters. The van der Waals surface area contributed by atoms with Gasteiger partial charge in [-0.2, -0.15) is 0 Å². The van der Waals surface area contributed by atoms with Crippen molar-refractivity contribution in [1.29, 1.82) is 0 Å². The van der Waals surface area contributed by atoms with E-state index in [0.717, 1.165) is 39.1 Å². The van der Waals surface area contributed by atoms with Crippen molar-refractivity contribution in [2.24, 2.45) is 5.41 Å². The molecule has 4 heteroatoms. The average molecular weight is 379 g/mol. The van der Waals surface area contributed by atoms with Gasteiger partial charge in [-0.25, -0.2) is 0 Å². The number of methoxy groups -OCH3 is 1. The SMILES string of the molecule is COCCC(=O)N1CCC2(CN(CC(c3ccccc3)c3ccccc3)C2)C1. The monoisotopic (exact) mass is 378 g/mol. The number of rotatable bonds is 7. The van der Waals surface area contributed by atoms with E-state index in [1.807, 2.05) is 4.90 Å². The molecule has 0 aliphatic carbocycles. The molecule has 28 heavy (non-hydrogen) atoms. The molecule has 1 spiro atoms. The number of hydrogen-bond donors (Lipinski definition) is 0. The lowest BCUT2D eigenvalue weighted by atomic mass is 9.77. The van der Waals surface area contributed by atoms with Crippen LogP contribution in [0.1, 0.15) is 29.9 Å². The van der Waals surface area contributed by atoms with Crippen LogP contribution in [-0.4, -0.2) is 62.1 Å². The van der Waals surface area contributed by atoms with Gasteiger partial charge in [0.05, 0.1) is 13.0 Å². The number of benzene rings is 2. The van der Waals surface area contributed by atoms with E-state index in [-0.39, 0.29) is 5.91 Å². The molecule has 4 rings (SSSR count). The summed E-state index contributed by atoms with van der Waals surface area (Å²) in [4.78, 5) is 16.9. The first-order valence-electron chi connectivity index (χ1n) is 10.3. The summed E-state index contributed by atoms with van der Waals surface area (Å²) in [5.74, 6) is 0.629. The highest BCUT2D eigenvalue weighted by molar-refractivity contribution is 5.76. The number of carbonyl (C=O) groups excluding carboxylic acids is 1. The first-order valence-corrected chi connectivity index (χ1v) is 10.3. The standard InChI is InChI=1S/C24H30N2O2/c1-28-15-12-23(27)26-14-13-24(19-26)17-25(18-24)16-22(20-8-4-2-5-9-20)21-10-6-3-7-11-21/h2-11,22H,12-19H2,1H3. The summed E-state index contributed by atoms with van der Waals surface area (Å²) in [5.41, 5.74) is 3.05. The number of hydrogen-bond acceptors (Lipinski definition) is 3. The highest BCUT2D eigenvalue weighted by Gasteiger charge is 2.48. The second-order valence-corrected chi connectivity index (χ2v) is 8.35. The molecule has 0 unspecified atom stereocenters. The minimum Gasteiger partial charge on any atom is -0.384 e. The maximum Gasteiger partial charge on any atom is 0.224 e. The van der Waals surface area contributed by atoms with Gasteiger partial charge in [-0.05, 0) is 17.5 Å². The molecule has 2 fully saturated rings. The molecule has 2 aliphatic heterocycles. The molecule has 0 saturated carbocycles. The molecule has 0 aromatic heterocycles. The first-order chi connectivity index (χ1) is 13.7. The Morgan fingerprint density at radius 2 is 1.61 bits per heavy atom. The van der Waals surface area contributed by atoms with E-state index in [1.54, 1.807) is 7.11 Å². The van der Waals surface area contributed by atoms with Gasteiger partial charge in [0, 0.05) is 51.2 Å². The normalized spacial score (nSPS) is 18.6. The Morgan fingerprint density at radius 3 is 2.18 bits per heavy atom. The molecule has 1 amide bonds. The molecule has 0 N–H and O–H groups in total. The van der Waals surface area contributed by atoms with Gasteiger partial charge in [-0.1, -0.05) is 60.7 Å². The number of likely N-dealkylation sites (tertiary alicyclic amines) is 2. The molecular formula is C24H30N2O2. The van der Waals surface area contributed by atoms with Crippen LogP contribution >= 0.6 is 0 Å². The Balaban J connectivity index is 1.38. The summed E-state index contributed by atoms with van der Waals surface area (Å²) in [6.07, 6.45) is 1.63. The van der Waals surface area contributed by atoms with Gasteiger partial charge in [-0.3, -0.25) is 4.79 Å². The molecule has 2 heterocycles. The predicted octanol–water partition coefficient (Wildman–Crippen LogP) is 3.39. The zero-order valence-corrected chi connectivity index (χ0v) is 16.7. The average Bonchev–Trinajstić information content (AvgIpc) is 3.16. The van der Waals surface area contributed by atoms with Crippen molar-refractivity contribution in [3.8, 4) is 0 Å². The maximum absolute atomic E-state index is 12.3. The molecule has 148 valence electrons. The Bertz CT molecular complexity index is 732. The third-order valence-corrected chi connectivity index (χ3v) is 6.27. The zero-order valence-electron chi connectivity index (χ0n) is 16.7. The van der Waals surface area contributed by atoms with Gasteiger partial charge in [0.15, 0.2) is 0 Å². The van der Waals surface area contributed by atoms with Crippen LogP contribution in [0.25, 0.3) is 0 Å². The minimum absolute atomic E-state index is 0.239. The van der Waals surface area contributed by atoms with E-state index in [1.165, 1.54) is 11.1 Å². The van der Waals surface area contributed by atoms with Crippen molar-refractivity contribution < 1.29 is 9.53 Å². The fraction of sp³-hybridized carbons (Fsp3) is 0.458. The highest BCUT2D eigenvalue weighted by Crippen LogP contribution is 2.41. The Kier molecular flexibility index (Phi) is 5.79. The van der Waals surface area contributed by atoms with Crippen LogP contribution in [0.5, 0.6) is 0 Å². The highest BCUT2D eigenvalue weighted by atomic mass is 16.5. The first kappa shape index (κ1) is 19.2. The van der Waals surface area contributed by atoms with Crippen molar-refractivity contribution in [2.45, 2.75) is 18.8 Å². The van der Waals surface area contributed by atoms with Gasteiger partial charge in [0.2, 0.25) is 5.91 Å². The lowest BCUT2D eigenvalue weighted by Crippen LogP contribution is -2.58. The van der Waals surface area contributed by atoms with Gasteiger partial charge in [-0.15, -0.1) is 0 Å². The van der Waals surface area contributed by atoms with Crippen molar-refractivity contribution in [1.82, 2.24) is 9.80 Å². The maximum atomic E-state index is 12.3. The molecule has 2 aromatic carbocycles. The molecular weight excluding hydrogens is 348 g/mol. The predicted molar refractivity (Wildman–Crippen MR) is 111 cm³/mol. The second-order valence-electron chi connectivity index (χ2n) is 8.35. The van der Waals surface area contributed by atoms with Gasteiger partial charge < -0.3 is 14.5 Å². The fourth-order valence-corrected chi connectivity index (χ4v) is 4.82. The van der Waals surface area contributed by atoms with E-state index in [4.69, 9.17) is 4.74 Å². The van der Waals surface area contributed by atoms with E-state index in [0.29, 0.717) is 24.4 Å². The topological polar surface area (TPSA) is 32.8 Å². The van der Waals surface area contributed by atoms with Crippen LogP contribution in [0.2, 0.25) is 0 Å². The van der Waals surface area contributed by atoms with E-state index >= 15 is 0 Å². The molecule has 0 bridgehead atoms. The fourth-order valence-electron chi connectivity index (χ4n) is 4.82. The number of nitrogens with zero attached hydrogens (tertiary/aromatic N) is 2. The third-order valence-electron chi connectivity index (χ3n) is 6.27. The van der Waals surface area contributed by atoms with Crippen LogP contribution in [0.3, 0.4) is 0 Å². The van der Waals surface area contributed by atoms with Crippen molar-refractivity contribution >= 4 is 5.91 Å². The second kappa shape index (κ2) is 8.46. The lowest BCUT2D eigenvalue weighted by Gasteiger charge is -2.49. The van der Waals surface area contributed by atoms with Crippen molar-refractivity contribution in [3.63, 3.8) is 0 Å². The summed E-state index contributed by atoms with van der Waals surface area (Å²) < 4.78 is 5.05. The molecule has 4 nitrogen and oxygen atoms in total. The quantitative estimate of drug-likeness (QED) is 0.740. The Morgan fingerprint density at radius 1 is 1.00 bits per heavy atom. The number of ether oxygens (including phenoxy) is 1. The van der Waals surface area contributed by atoms with Crippen LogP contribution in [-0.2, 0) is 9.53 Å². The summed E-state index contributed by atoms with van der Waals surface area (Å²) in [6.45, 7) is 5.55. The van der Waals surface area contributed by atoms with E-state index in [2.05, 4.69) is 65.6 Å². The summed E-state index contributed by atoms with van der Waals surface area (Å²) in [7, 11) is 1.65. The van der Waals surface area contributed by atoms with Crippen LogP contribution in [0.15, 0.2) is 60.7 Å². The molecule has 2 saturated heterocycles. The number of carbonyl (C=O) groups is 1. The zero-order chi connectivity index (χ0) is 19.4. The third kappa shape index (κ3) is 4.13. The molecule has 2 aliphatic rings. The lowest BCUT2D eigenvalue weighted by molar-refractivity contribution is -0.132. The summed E-state index contributed by atoms with van der Waals surface area (Å²) in [5, 5.41) is 0. The van der Waals surface area contributed by atoms with Gasteiger partial charge >= 0.3 is 0 Å². The smallest absolute Gasteiger partial charge is 0.224 e. The Labute approximate surface area is 168 Å². The molecule has 2 aromatic rings. The Hall–Kier alpha value is -2.17. The van der Waals surface area contributed by atoms with Crippen LogP contribution < -0.4 is 0 Å². The van der Waals surface area contributed by atoms with Crippen molar-refractivity contribution in [2.75, 3.05) is 46.4 Å².